The fourth-order valence-corrected chi connectivity index (χ4v) is 0.462. The molecule has 11 heavy (non-hydrogen) atoms. The topological polar surface area (TPSA) is 101 Å². The second-order valence-corrected chi connectivity index (χ2v) is 1.47. The SMILES string of the molecule is N#COn1c(=O)nc[nH]c1=O. The lowest BCUT2D eigenvalue weighted by molar-refractivity contribution is 0.198. The van der Waals surface area contributed by atoms with Gasteiger partial charge in [0.15, 0.2) is 0 Å². The van der Waals surface area contributed by atoms with E-state index in [0.717, 1.165) is 6.33 Å². The average Bonchev–Trinajstić information content (AvgIpc) is 1.97. The molecule has 0 saturated heterocycles. The Labute approximate surface area is 59.4 Å². The van der Waals surface area contributed by atoms with E-state index in [2.05, 4.69) is 9.82 Å². The van der Waals surface area contributed by atoms with Crippen molar-refractivity contribution in [3.8, 4) is 6.26 Å². The normalized spacial score (nSPS) is 8.64. The maximum atomic E-state index is 10.6. The van der Waals surface area contributed by atoms with Crippen molar-refractivity contribution in [2.45, 2.75) is 0 Å². The lowest BCUT2D eigenvalue weighted by Gasteiger charge is -1.92. The number of nitrogens with one attached hydrogen (secondary N) is 1. The van der Waals surface area contributed by atoms with E-state index in [9.17, 15) is 9.59 Å². The van der Waals surface area contributed by atoms with Crippen LogP contribution in [0.2, 0.25) is 0 Å². The summed E-state index contributed by atoms with van der Waals surface area (Å²) in [5.74, 6) is 0. The monoisotopic (exact) mass is 154 g/mol. The van der Waals surface area contributed by atoms with Crippen molar-refractivity contribution >= 4 is 0 Å². The molecular weight excluding hydrogens is 152 g/mol. The van der Waals surface area contributed by atoms with Crippen LogP contribution >= 0.6 is 0 Å². The van der Waals surface area contributed by atoms with Crippen LogP contribution in [0.1, 0.15) is 0 Å². The Kier molecular flexibility index (Phi) is 1.69. The van der Waals surface area contributed by atoms with Crippen molar-refractivity contribution in [1.29, 1.82) is 5.26 Å². The predicted molar refractivity (Wildman–Crippen MR) is 31.3 cm³/mol. The van der Waals surface area contributed by atoms with Gasteiger partial charge in [0.05, 0.1) is 0 Å². The number of H-pyrrole nitrogens is 1. The smallest absolute Gasteiger partial charge is 0.295 e. The van der Waals surface area contributed by atoms with Crippen LogP contribution in [-0.4, -0.2) is 14.7 Å². The van der Waals surface area contributed by atoms with Gasteiger partial charge in [0.25, 0.3) is 0 Å². The molecule has 0 bridgehead atoms. The summed E-state index contributed by atoms with van der Waals surface area (Å²) in [5, 5.41) is 7.96. The van der Waals surface area contributed by atoms with Crippen LogP contribution < -0.4 is 16.2 Å². The Morgan fingerprint density at radius 3 is 3.00 bits per heavy atom. The highest BCUT2D eigenvalue weighted by molar-refractivity contribution is 4.65. The standard InChI is InChI=1S/C4H2N4O3/c5-1-11-8-3(9)6-2-7-4(8)10/h2H,(H,6,7,9,10). The molecule has 0 spiro atoms. The molecule has 1 aromatic heterocycles. The summed E-state index contributed by atoms with van der Waals surface area (Å²) in [5.41, 5.74) is -1.78. The van der Waals surface area contributed by atoms with Gasteiger partial charge in [-0.1, -0.05) is 4.73 Å². The first-order valence-corrected chi connectivity index (χ1v) is 2.49. The van der Waals surface area contributed by atoms with Crippen LogP contribution in [-0.2, 0) is 0 Å². The highest BCUT2D eigenvalue weighted by atomic mass is 16.7. The molecule has 1 rings (SSSR count). The molecule has 0 atom stereocenters. The molecule has 1 heterocycles. The van der Waals surface area contributed by atoms with Gasteiger partial charge in [-0.25, -0.2) is 9.59 Å². The van der Waals surface area contributed by atoms with Gasteiger partial charge in [0.1, 0.15) is 6.33 Å². The minimum Gasteiger partial charge on any atom is -0.295 e. The molecule has 0 fully saturated rings. The number of aromatic amines is 1. The van der Waals surface area contributed by atoms with Crippen molar-refractivity contribution in [2.75, 3.05) is 0 Å². The maximum absolute atomic E-state index is 10.6. The molecule has 7 nitrogen and oxygen atoms in total. The molecule has 1 aromatic rings. The molecular formula is C4H2N4O3. The highest BCUT2D eigenvalue weighted by Crippen LogP contribution is 1.55. The Bertz CT molecular complexity index is 369. The van der Waals surface area contributed by atoms with Crippen molar-refractivity contribution < 1.29 is 4.84 Å². The van der Waals surface area contributed by atoms with Gasteiger partial charge in [-0.2, -0.15) is 4.98 Å². The second kappa shape index (κ2) is 2.66. The van der Waals surface area contributed by atoms with Crippen LogP contribution in [0.15, 0.2) is 15.9 Å². The van der Waals surface area contributed by atoms with E-state index in [1.54, 1.807) is 0 Å². The fraction of sp³-hybridized carbons (Fsp3) is 0. The van der Waals surface area contributed by atoms with Crippen LogP contribution in [0, 0.1) is 11.5 Å². The second-order valence-electron chi connectivity index (χ2n) is 1.47. The van der Waals surface area contributed by atoms with E-state index in [1.165, 1.54) is 6.26 Å². The summed E-state index contributed by atoms with van der Waals surface area (Å²) in [4.78, 5) is 30.4. The Morgan fingerprint density at radius 2 is 2.45 bits per heavy atom. The van der Waals surface area contributed by atoms with E-state index < -0.39 is 11.4 Å². The lowest BCUT2D eigenvalue weighted by atomic mass is 11.0. The Hall–Kier alpha value is -2.10. The zero-order valence-corrected chi connectivity index (χ0v) is 5.14. The minimum absolute atomic E-state index is 0.208. The number of nitrogens with zero attached hydrogens (tertiary/aromatic N) is 3. The molecule has 1 N–H and O–H groups in total. The van der Waals surface area contributed by atoms with E-state index in [0.29, 0.717) is 0 Å². The average molecular weight is 154 g/mol. The first-order chi connectivity index (χ1) is 5.25. The predicted octanol–water partition coefficient (Wildman–Crippen LogP) is -2.16. The largest absolute Gasteiger partial charge is 0.388 e. The fourth-order valence-electron chi connectivity index (χ4n) is 0.462. The number of nitriles is 1. The van der Waals surface area contributed by atoms with Crippen molar-refractivity contribution in [3.63, 3.8) is 0 Å². The molecule has 0 aromatic carbocycles. The summed E-state index contributed by atoms with van der Waals surface area (Å²) >= 11 is 0. The summed E-state index contributed by atoms with van der Waals surface area (Å²) in [6, 6.07) is 0. The number of hydrogen-bond acceptors (Lipinski definition) is 5. The Morgan fingerprint density at radius 1 is 1.73 bits per heavy atom. The van der Waals surface area contributed by atoms with Crippen molar-refractivity contribution in [3.05, 3.63) is 27.3 Å². The van der Waals surface area contributed by atoms with E-state index >= 15 is 0 Å². The van der Waals surface area contributed by atoms with Crippen molar-refractivity contribution in [2.24, 2.45) is 0 Å². The van der Waals surface area contributed by atoms with Gasteiger partial charge in [-0.05, 0) is 0 Å². The number of hydrogen-bond donors (Lipinski definition) is 1. The highest BCUT2D eigenvalue weighted by Gasteiger charge is 1.99. The molecule has 56 valence electrons. The summed E-state index contributed by atoms with van der Waals surface area (Å²) in [6.45, 7) is 0. The minimum atomic E-state index is -0.935. The van der Waals surface area contributed by atoms with Crippen LogP contribution in [0.5, 0.6) is 0 Å². The zero-order valence-electron chi connectivity index (χ0n) is 5.14. The first kappa shape index (κ1) is 7.01. The molecule has 0 saturated carbocycles. The summed E-state index contributed by atoms with van der Waals surface area (Å²) in [7, 11) is 0. The quantitative estimate of drug-likeness (QED) is 0.464. The van der Waals surface area contributed by atoms with Crippen LogP contribution in [0.3, 0.4) is 0 Å². The van der Waals surface area contributed by atoms with Gasteiger partial charge in [-0.15, -0.1) is 5.26 Å². The van der Waals surface area contributed by atoms with Crippen LogP contribution in [0.4, 0.5) is 0 Å². The molecule has 0 radical (unpaired) electrons. The zero-order chi connectivity index (χ0) is 8.27. The third-order valence-corrected chi connectivity index (χ3v) is 0.853. The number of aromatic nitrogens is 3. The van der Waals surface area contributed by atoms with Gasteiger partial charge in [0, 0.05) is 0 Å². The summed E-state index contributed by atoms with van der Waals surface area (Å²) < 4.78 is 0.208. The molecule has 0 amide bonds. The van der Waals surface area contributed by atoms with Crippen molar-refractivity contribution in [1.82, 2.24) is 14.7 Å². The Balaban J connectivity index is 3.36. The van der Waals surface area contributed by atoms with Gasteiger partial charge < -0.3 is 0 Å². The van der Waals surface area contributed by atoms with Gasteiger partial charge >= 0.3 is 17.6 Å². The van der Waals surface area contributed by atoms with E-state index in [4.69, 9.17) is 5.26 Å². The first-order valence-electron chi connectivity index (χ1n) is 2.49. The van der Waals surface area contributed by atoms with Gasteiger partial charge in [-0.3, -0.25) is 9.82 Å². The lowest BCUT2D eigenvalue weighted by Crippen LogP contribution is -2.39. The molecule has 0 unspecified atom stereocenters. The maximum Gasteiger partial charge on any atom is 0.388 e. The third kappa shape index (κ3) is 1.24. The molecule has 0 aliphatic carbocycles. The van der Waals surface area contributed by atoms with Crippen LogP contribution in [0.25, 0.3) is 0 Å². The summed E-state index contributed by atoms with van der Waals surface area (Å²) in [6.07, 6.45) is 2.09. The molecule has 0 aliphatic heterocycles. The molecule has 0 aliphatic rings. The molecule has 7 heteroatoms. The number of rotatable bonds is 1. The van der Waals surface area contributed by atoms with E-state index in [1.807, 2.05) is 4.98 Å². The van der Waals surface area contributed by atoms with E-state index in [-0.39, 0.29) is 4.73 Å². The van der Waals surface area contributed by atoms with Gasteiger partial charge in [0.2, 0.25) is 0 Å². The third-order valence-electron chi connectivity index (χ3n) is 0.853.